The molecule has 0 bridgehead atoms. The molecule has 2 aromatic carbocycles. The molecule has 0 amide bonds. The van der Waals surface area contributed by atoms with Crippen molar-refractivity contribution in [3.63, 3.8) is 0 Å². The van der Waals surface area contributed by atoms with Gasteiger partial charge in [0, 0.05) is 5.56 Å². The monoisotopic (exact) mass is 236 g/mol. The van der Waals surface area contributed by atoms with Gasteiger partial charge in [0.15, 0.2) is 5.78 Å². The van der Waals surface area contributed by atoms with Crippen LogP contribution in [-0.2, 0) is 11.8 Å². The standard InChI is InChI=1S/C17H16O/c1-12-7-9-14(10-8-12)17(2)11-13-5-3-4-6-15(13)16(17)18/h3-10H,11H2,1-2H3/t17-/m1/s1. The number of aryl methyl sites for hydroxylation is 1. The number of hydrogen-bond donors (Lipinski definition) is 0. The maximum Gasteiger partial charge on any atom is 0.173 e. The van der Waals surface area contributed by atoms with Gasteiger partial charge in [-0.25, -0.2) is 0 Å². The van der Waals surface area contributed by atoms with Crippen molar-refractivity contribution >= 4 is 5.78 Å². The topological polar surface area (TPSA) is 17.1 Å². The van der Waals surface area contributed by atoms with Crippen LogP contribution in [0, 0.1) is 6.92 Å². The summed E-state index contributed by atoms with van der Waals surface area (Å²) in [5.41, 5.74) is 4.02. The minimum atomic E-state index is -0.391. The Morgan fingerprint density at radius 3 is 2.33 bits per heavy atom. The Kier molecular flexibility index (Phi) is 2.37. The molecule has 0 fully saturated rings. The van der Waals surface area contributed by atoms with E-state index in [1.807, 2.05) is 18.2 Å². The molecular weight excluding hydrogens is 220 g/mol. The van der Waals surface area contributed by atoms with Crippen LogP contribution in [0.15, 0.2) is 48.5 Å². The lowest BCUT2D eigenvalue weighted by Gasteiger charge is -2.22. The van der Waals surface area contributed by atoms with Crippen LogP contribution in [0.4, 0.5) is 0 Å². The van der Waals surface area contributed by atoms with Gasteiger partial charge < -0.3 is 0 Å². The third-order valence-electron chi connectivity index (χ3n) is 4.00. The number of benzene rings is 2. The lowest BCUT2D eigenvalue weighted by Crippen LogP contribution is -2.29. The highest BCUT2D eigenvalue weighted by molar-refractivity contribution is 6.08. The normalized spacial score (nSPS) is 22.0. The van der Waals surface area contributed by atoms with E-state index in [-0.39, 0.29) is 5.78 Å². The first-order valence-corrected chi connectivity index (χ1v) is 6.31. The summed E-state index contributed by atoms with van der Waals surface area (Å²) in [7, 11) is 0. The molecule has 1 aliphatic rings. The van der Waals surface area contributed by atoms with Gasteiger partial charge in [0.25, 0.3) is 0 Å². The fourth-order valence-corrected chi connectivity index (χ4v) is 2.81. The van der Waals surface area contributed by atoms with Gasteiger partial charge in [-0.05, 0) is 31.4 Å². The molecule has 90 valence electrons. The summed E-state index contributed by atoms with van der Waals surface area (Å²) in [5, 5.41) is 0. The quantitative estimate of drug-likeness (QED) is 0.738. The molecule has 2 aromatic rings. The van der Waals surface area contributed by atoms with Crippen LogP contribution in [0.25, 0.3) is 0 Å². The average Bonchev–Trinajstić information content (AvgIpc) is 2.64. The van der Waals surface area contributed by atoms with Gasteiger partial charge in [0.05, 0.1) is 5.41 Å². The zero-order valence-corrected chi connectivity index (χ0v) is 10.7. The van der Waals surface area contributed by atoms with E-state index < -0.39 is 5.41 Å². The average molecular weight is 236 g/mol. The second-order valence-corrected chi connectivity index (χ2v) is 5.36. The second-order valence-electron chi connectivity index (χ2n) is 5.36. The van der Waals surface area contributed by atoms with Gasteiger partial charge in [-0.1, -0.05) is 54.1 Å². The molecule has 0 heterocycles. The minimum absolute atomic E-state index is 0.252. The van der Waals surface area contributed by atoms with Crippen molar-refractivity contribution in [1.82, 2.24) is 0 Å². The predicted molar refractivity (Wildman–Crippen MR) is 73.0 cm³/mol. The molecule has 0 aromatic heterocycles. The molecule has 0 saturated carbocycles. The van der Waals surface area contributed by atoms with Crippen molar-refractivity contribution < 1.29 is 4.79 Å². The van der Waals surface area contributed by atoms with Gasteiger partial charge in [-0.2, -0.15) is 0 Å². The summed E-state index contributed by atoms with van der Waals surface area (Å²) in [5.74, 6) is 0.252. The van der Waals surface area contributed by atoms with E-state index in [1.54, 1.807) is 0 Å². The van der Waals surface area contributed by atoms with E-state index in [0.29, 0.717) is 0 Å². The van der Waals surface area contributed by atoms with Gasteiger partial charge >= 0.3 is 0 Å². The van der Waals surface area contributed by atoms with Gasteiger partial charge in [-0.3, -0.25) is 4.79 Å². The molecule has 1 heteroatoms. The van der Waals surface area contributed by atoms with E-state index >= 15 is 0 Å². The van der Waals surface area contributed by atoms with Crippen LogP contribution in [-0.4, -0.2) is 5.78 Å². The van der Waals surface area contributed by atoms with Crippen molar-refractivity contribution in [2.75, 3.05) is 0 Å². The summed E-state index contributed by atoms with van der Waals surface area (Å²) in [6, 6.07) is 16.3. The van der Waals surface area contributed by atoms with Crippen molar-refractivity contribution in [2.45, 2.75) is 25.7 Å². The lowest BCUT2D eigenvalue weighted by molar-refractivity contribution is 0.0915. The molecule has 0 N–H and O–H groups in total. The predicted octanol–water partition coefficient (Wildman–Crippen LogP) is 3.69. The Bertz CT molecular complexity index is 610. The first-order valence-electron chi connectivity index (χ1n) is 6.31. The molecular formula is C17H16O. The van der Waals surface area contributed by atoms with Crippen molar-refractivity contribution in [3.8, 4) is 0 Å². The molecule has 3 rings (SSSR count). The fraction of sp³-hybridized carbons (Fsp3) is 0.235. The Morgan fingerprint density at radius 1 is 1.00 bits per heavy atom. The maximum absolute atomic E-state index is 12.6. The van der Waals surface area contributed by atoms with Crippen LogP contribution in [0.3, 0.4) is 0 Å². The smallest absolute Gasteiger partial charge is 0.173 e. The largest absolute Gasteiger partial charge is 0.293 e. The highest BCUT2D eigenvalue weighted by Gasteiger charge is 2.42. The van der Waals surface area contributed by atoms with E-state index in [4.69, 9.17) is 0 Å². The summed E-state index contributed by atoms with van der Waals surface area (Å²) in [6.45, 7) is 4.12. The number of rotatable bonds is 1. The number of ketones is 1. The molecule has 0 unspecified atom stereocenters. The van der Waals surface area contributed by atoms with Crippen LogP contribution >= 0.6 is 0 Å². The molecule has 1 aliphatic carbocycles. The summed E-state index contributed by atoms with van der Waals surface area (Å²) < 4.78 is 0. The molecule has 18 heavy (non-hydrogen) atoms. The number of Topliss-reactive ketones (excluding diaryl/α,β-unsaturated/α-hetero) is 1. The Balaban J connectivity index is 2.09. The second kappa shape index (κ2) is 3.81. The van der Waals surface area contributed by atoms with Crippen LogP contribution in [0.2, 0.25) is 0 Å². The minimum Gasteiger partial charge on any atom is -0.293 e. The van der Waals surface area contributed by atoms with E-state index in [0.717, 1.165) is 17.5 Å². The van der Waals surface area contributed by atoms with Gasteiger partial charge in [0.2, 0.25) is 0 Å². The SMILES string of the molecule is Cc1ccc([C@@]2(C)Cc3ccccc3C2=O)cc1. The van der Waals surface area contributed by atoms with Crippen LogP contribution in [0.5, 0.6) is 0 Å². The third kappa shape index (κ3) is 1.51. The molecule has 1 atom stereocenters. The summed E-state index contributed by atoms with van der Waals surface area (Å²) >= 11 is 0. The van der Waals surface area contributed by atoms with E-state index in [1.165, 1.54) is 11.1 Å². The van der Waals surface area contributed by atoms with Crippen molar-refractivity contribution in [1.29, 1.82) is 0 Å². The van der Waals surface area contributed by atoms with E-state index in [9.17, 15) is 4.79 Å². The molecule has 0 radical (unpaired) electrons. The summed E-state index contributed by atoms with van der Waals surface area (Å²) in [6.07, 6.45) is 0.811. The van der Waals surface area contributed by atoms with E-state index in [2.05, 4.69) is 44.2 Å². The highest BCUT2D eigenvalue weighted by Crippen LogP contribution is 2.39. The zero-order chi connectivity index (χ0) is 12.8. The van der Waals surface area contributed by atoms with Crippen molar-refractivity contribution in [3.05, 3.63) is 70.8 Å². The first-order chi connectivity index (χ1) is 8.61. The number of carbonyl (C=O) groups excluding carboxylic acids is 1. The summed E-state index contributed by atoms with van der Waals surface area (Å²) in [4.78, 5) is 12.6. The van der Waals surface area contributed by atoms with Crippen molar-refractivity contribution in [2.24, 2.45) is 0 Å². The Hall–Kier alpha value is -1.89. The van der Waals surface area contributed by atoms with Crippen LogP contribution < -0.4 is 0 Å². The third-order valence-corrected chi connectivity index (χ3v) is 4.00. The number of carbonyl (C=O) groups is 1. The fourth-order valence-electron chi connectivity index (χ4n) is 2.81. The number of fused-ring (bicyclic) bond motifs is 1. The number of hydrogen-bond acceptors (Lipinski definition) is 1. The molecule has 0 spiro atoms. The molecule has 0 saturated heterocycles. The molecule has 1 nitrogen and oxygen atoms in total. The molecule has 0 aliphatic heterocycles. The van der Waals surface area contributed by atoms with Gasteiger partial charge in [-0.15, -0.1) is 0 Å². The van der Waals surface area contributed by atoms with Gasteiger partial charge in [0.1, 0.15) is 0 Å². The highest BCUT2D eigenvalue weighted by atomic mass is 16.1. The maximum atomic E-state index is 12.6. The zero-order valence-electron chi connectivity index (χ0n) is 10.7. The van der Waals surface area contributed by atoms with Crippen LogP contribution in [0.1, 0.15) is 34.0 Å². The Labute approximate surface area is 107 Å². The first kappa shape index (κ1) is 11.2. The lowest BCUT2D eigenvalue weighted by atomic mass is 9.79. The Morgan fingerprint density at radius 2 is 1.67 bits per heavy atom.